The molecule has 1 aliphatic rings. The van der Waals surface area contributed by atoms with E-state index in [0.29, 0.717) is 17.4 Å². The Morgan fingerprint density at radius 2 is 2.03 bits per heavy atom. The number of nitrogens with zero attached hydrogens (tertiary/aromatic N) is 3. The van der Waals surface area contributed by atoms with Crippen LogP contribution in [0.1, 0.15) is 6.42 Å². The summed E-state index contributed by atoms with van der Waals surface area (Å²) >= 11 is 0. The zero-order valence-electron chi connectivity index (χ0n) is 16.9. The van der Waals surface area contributed by atoms with Gasteiger partial charge < -0.3 is 25.5 Å². The van der Waals surface area contributed by atoms with Gasteiger partial charge in [-0.1, -0.05) is 6.07 Å². The van der Waals surface area contributed by atoms with Gasteiger partial charge >= 0.3 is 0 Å². The van der Waals surface area contributed by atoms with Gasteiger partial charge in [0.25, 0.3) is 5.56 Å². The Bertz CT molecular complexity index is 1320. The van der Waals surface area contributed by atoms with Crippen molar-refractivity contribution in [3.8, 4) is 11.4 Å². The third kappa shape index (κ3) is 2.91. The lowest BCUT2D eigenvalue weighted by Gasteiger charge is -2.21. The van der Waals surface area contributed by atoms with Crippen molar-refractivity contribution in [1.29, 1.82) is 0 Å². The predicted octanol–water partition coefficient (Wildman–Crippen LogP) is 2.93. The van der Waals surface area contributed by atoms with Crippen molar-refractivity contribution in [2.45, 2.75) is 12.5 Å². The van der Waals surface area contributed by atoms with Gasteiger partial charge in [0.05, 0.1) is 27.6 Å². The van der Waals surface area contributed by atoms with E-state index in [9.17, 15) is 9.18 Å². The number of anilines is 2. The molecule has 1 saturated heterocycles. The van der Waals surface area contributed by atoms with Gasteiger partial charge in [0.1, 0.15) is 17.2 Å². The Labute approximate surface area is 172 Å². The van der Waals surface area contributed by atoms with E-state index in [4.69, 9.17) is 5.73 Å². The Hall–Kier alpha value is -3.39. The van der Waals surface area contributed by atoms with Gasteiger partial charge in [-0.05, 0) is 50.8 Å². The SMILES string of the molecule is CN(C)[C@H]1CCN(c2ccc3[nH]c(-c4c(N)c5c(F)cccc5[nH]c4=O)nc3c2)C1. The number of nitrogens with one attached hydrogen (secondary N) is 2. The van der Waals surface area contributed by atoms with Crippen LogP contribution in [-0.2, 0) is 0 Å². The van der Waals surface area contributed by atoms with Gasteiger partial charge in [0.15, 0.2) is 0 Å². The second-order valence-electron chi connectivity index (χ2n) is 8.04. The van der Waals surface area contributed by atoms with Gasteiger partial charge in [0, 0.05) is 24.8 Å². The summed E-state index contributed by atoms with van der Waals surface area (Å²) in [5, 5.41) is 0.194. The summed E-state index contributed by atoms with van der Waals surface area (Å²) in [4.78, 5) is 27.8. The maximum Gasteiger partial charge on any atom is 0.261 e. The number of fused-ring (bicyclic) bond motifs is 2. The van der Waals surface area contributed by atoms with E-state index in [-0.39, 0.29) is 16.6 Å². The molecule has 0 unspecified atom stereocenters. The molecule has 8 heteroatoms. The number of nitrogen functional groups attached to an aromatic ring is 1. The van der Waals surface area contributed by atoms with Crippen LogP contribution >= 0.6 is 0 Å². The van der Waals surface area contributed by atoms with Crippen molar-refractivity contribution < 1.29 is 4.39 Å². The Morgan fingerprint density at radius 1 is 1.20 bits per heavy atom. The van der Waals surface area contributed by atoms with Crippen LogP contribution < -0.4 is 16.2 Å². The Morgan fingerprint density at radius 3 is 2.80 bits per heavy atom. The van der Waals surface area contributed by atoms with Crippen LogP contribution in [0.3, 0.4) is 0 Å². The number of hydrogen-bond acceptors (Lipinski definition) is 5. The van der Waals surface area contributed by atoms with Crippen molar-refractivity contribution in [2.24, 2.45) is 0 Å². The van der Waals surface area contributed by atoms with Gasteiger partial charge in [0.2, 0.25) is 0 Å². The zero-order valence-corrected chi connectivity index (χ0v) is 16.9. The van der Waals surface area contributed by atoms with E-state index < -0.39 is 11.4 Å². The second-order valence-corrected chi connectivity index (χ2v) is 8.04. The lowest BCUT2D eigenvalue weighted by molar-refractivity contribution is 0.315. The molecule has 0 bridgehead atoms. The van der Waals surface area contributed by atoms with E-state index in [2.05, 4.69) is 44.9 Å². The highest BCUT2D eigenvalue weighted by atomic mass is 19.1. The number of likely N-dealkylation sites (N-methyl/N-ethyl adjacent to an activating group) is 1. The van der Waals surface area contributed by atoms with Crippen LogP contribution in [0.25, 0.3) is 33.3 Å². The maximum atomic E-state index is 14.4. The topological polar surface area (TPSA) is 94.0 Å². The van der Waals surface area contributed by atoms with E-state index in [1.807, 2.05) is 12.1 Å². The molecule has 0 saturated carbocycles. The zero-order chi connectivity index (χ0) is 21.0. The second kappa shape index (κ2) is 6.84. The molecule has 4 aromatic rings. The number of imidazole rings is 1. The standard InChI is InChI=1S/C22H23FN6O/c1-28(2)13-8-9-29(11-13)12-6-7-15-17(10-12)26-21(25-15)19-20(24)18-14(23)4-3-5-16(18)27-22(19)30/h3-7,10,13H,8-9,11H2,1-2H3,(H,25,26)(H3,24,27,30)/t13-/m0/s1. The number of pyridine rings is 1. The van der Waals surface area contributed by atoms with E-state index in [0.717, 1.165) is 36.2 Å². The summed E-state index contributed by atoms with van der Waals surface area (Å²) < 4.78 is 14.4. The molecule has 1 fully saturated rings. The maximum absolute atomic E-state index is 14.4. The molecule has 2 aromatic carbocycles. The van der Waals surface area contributed by atoms with E-state index in [1.165, 1.54) is 12.1 Å². The van der Waals surface area contributed by atoms with E-state index >= 15 is 0 Å². The molecule has 2 aromatic heterocycles. The fraction of sp³-hybridized carbons (Fsp3) is 0.273. The minimum absolute atomic E-state index is 0.0829. The van der Waals surface area contributed by atoms with Gasteiger partial charge in [-0.2, -0.15) is 0 Å². The molecular weight excluding hydrogens is 383 g/mol. The molecule has 30 heavy (non-hydrogen) atoms. The molecule has 154 valence electrons. The molecule has 1 aliphatic heterocycles. The fourth-order valence-corrected chi connectivity index (χ4v) is 4.28. The molecule has 0 radical (unpaired) electrons. The lowest BCUT2D eigenvalue weighted by atomic mass is 10.1. The van der Waals surface area contributed by atoms with Gasteiger partial charge in [-0.15, -0.1) is 0 Å². The van der Waals surface area contributed by atoms with Crippen LogP contribution in [0.2, 0.25) is 0 Å². The summed E-state index contributed by atoms with van der Waals surface area (Å²) in [5.41, 5.74) is 9.04. The molecule has 3 heterocycles. The molecule has 1 atom stereocenters. The first-order chi connectivity index (χ1) is 14.4. The van der Waals surface area contributed by atoms with Crippen LogP contribution in [0.4, 0.5) is 15.8 Å². The summed E-state index contributed by atoms with van der Waals surface area (Å²) in [6.45, 7) is 1.95. The van der Waals surface area contributed by atoms with Gasteiger partial charge in [-0.3, -0.25) is 4.79 Å². The fourth-order valence-electron chi connectivity index (χ4n) is 4.28. The number of hydrogen-bond donors (Lipinski definition) is 3. The summed E-state index contributed by atoms with van der Waals surface area (Å²) in [6.07, 6.45) is 1.12. The number of benzene rings is 2. The van der Waals surface area contributed by atoms with Crippen molar-refractivity contribution in [1.82, 2.24) is 19.9 Å². The van der Waals surface area contributed by atoms with Crippen molar-refractivity contribution in [3.05, 3.63) is 52.6 Å². The first kappa shape index (κ1) is 18.6. The van der Waals surface area contributed by atoms with Crippen molar-refractivity contribution in [2.75, 3.05) is 37.8 Å². The molecule has 0 amide bonds. The van der Waals surface area contributed by atoms with Crippen LogP contribution in [0, 0.1) is 5.82 Å². The number of H-pyrrole nitrogens is 2. The monoisotopic (exact) mass is 406 g/mol. The van der Waals surface area contributed by atoms with Crippen LogP contribution in [0.5, 0.6) is 0 Å². The summed E-state index contributed by atoms with van der Waals surface area (Å²) in [5.74, 6) is -0.149. The van der Waals surface area contributed by atoms with Gasteiger partial charge in [-0.25, -0.2) is 9.37 Å². The number of rotatable bonds is 3. The normalized spacial score (nSPS) is 16.9. The highest BCUT2D eigenvalue weighted by Crippen LogP contribution is 2.31. The van der Waals surface area contributed by atoms with Crippen LogP contribution in [0.15, 0.2) is 41.2 Å². The third-order valence-electron chi connectivity index (χ3n) is 5.99. The third-order valence-corrected chi connectivity index (χ3v) is 5.99. The van der Waals surface area contributed by atoms with Crippen LogP contribution in [-0.4, -0.2) is 53.1 Å². The van der Waals surface area contributed by atoms with E-state index in [1.54, 1.807) is 6.07 Å². The quantitative estimate of drug-likeness (QED) is 0.486. The minimum atomic E-state index is -0.481. The average molecular weight is 406 g/mol. The largest absolute Gasteiger partial charge is 0.397 e. The number of nitrogens with two attached hydrogens (primary N) is 1. The molecule has 0 aliphatic carbocycles. The molecule has 5 rings (SSSR count). The molecule has 0 spiro atoms. The number of aromatic nitrogens is 3. The minimum Gasteiger partial charge on any atom is -0.397 e. The number of halogens is 1. The lowest BCUT2D eigenvalue weighted by Crippen LogP contribution is -2.31. The smallest absolute Gasteiger partial charge is 0.261 e. The Balaban J connectivity index is 1.58. The Kier molecular flexibility index (Phi) is 4.25. The molecular formula is C22H23FN6O. The number of aromatic amines is 2. The first-order valence-corrected chi connectivity index (χ1v) is 9.94. The first-order valence-electron chi connectivity index (χ1n) is 9.94. The average Bonchev–Trinajstić information content (AvgIpc) is 3.34. The van der Waals surface area contributed by atoms with Crippen molar-refractivity contribution >= 4 is 33.3 Å². The molecule has 7 nitrogen and oxygen atoms in total. The molecule has 4 N–H and O–H groups in total. The predicted molar refractivity (Wildman–Crippen MR) is 118 cm³/mol. The summed E-state index contributed by atoms with van der Waals surface area (Å²) in [7, 11) is 4.21. The summed E-state index contributed by atoms with van der Waals surface area (Å²) in [6, 6.07) is 11.0. The highest BCUT2D eigenvalue weighted by molar-refractivity contribution is 5.98. The van der Waals surface area contributed by atoms with Crippen molar-refractivity contribution in [3.63, 3.8) is 0 Å². The highest BCUT2D eigenvalue weighted by Gasteiger charge is 2.24.